The van der Waals surface area contributed by atoms with Crippen molar-refractivity contribution in [3.63, 3.8) is 0 Å². The number of anilines is 2. The summed E-state index contributed by atoms with van der Waals surface area (Å²) in [6.45, 7) is 1.66. The van der Waals surface area contributed by atoms with Crippen molar-refractivity contribution in [2.24, 2.45) is 0 Å². The van der Waals surface area contributed by atoms with E-state index in [-0.39, 0.29) is 0 Å². The van der Waals surface area contributed by atoms with E-state index in [2.05, 4.69) is 9.88 Å². The van der Waals surface area contributed by atoms with Crippen LogP contribution in [0.5, 0.6) is 0 Å². The van der Waals surface area contributed by atoms with E-state index in [0.29, 0.717) is 5.69 Å². The fourth-order valence-electron chi connectivity index (χ4n) is 1.51. The van der Waals surface area contributed by atoms with Gasteiger partial charge in [0.2, 0.25) is 0 Å². The summed E-state index contributed by atoms with van der Waals surface area (Å²) in [4.78, 5) is 6.21. The summed E-state index contributed by atoms with van der Waals surface area (Å²) >= 11 is 0. The molecule has 0 saturated carbocycles. The first-order chi connectivity index (χ1) is 6.75. The second-order valence-electron chi connectivity index (χ2n) is 3.31. The topological polar surface area (TPSA) is 59.2 Å². The Morgan fingerprint density at radius 1 is 1.36 bits per heavy atom. The minimum Gasteiger partial charge on any atom is -0.397 e. The molecule has 0 aliphatic carbocycles. The van der Waals surface area contributed by atoms with Gasteiger partial charge in [-0.05, 0) is 6.07 Å². The van der Waals surface area contributed by atoms with Crippen LogP contribution in [0.1, 0.15) is 0 Å². The third kappa shape index (κ3) is 2.04. The lowest BCUT2D eigenvalue weighted by molar-refractivity contribution is 0.673. The quantitative estimate of drug-likeness (QED) is 0.722. The molecule has 0 amide bonds. The number of hydrogen-bond acceptors (Lipinski definition) is 4. The molecule has 1 aliphatic heterocycles. The molecule has 1 fully saturated rings. The Hall–Kier alpha value is -1.10. The Kier molecular flexibility index (Phi) is 2.67. The normalized spacial score (nSPS) is 18.4. The van der Waals surface area contributed by atoms with E-state index >= 15 is 0 Å². The molecule has 2 heterocycles. The summed E-state index contributed by atoms with van der Waals surface area (Å²) in [7, 11) is -0.633. The molecule has 2 N–H and O–H groups in total. The highest BCUT2D eigenvalue weighted by molar-refractivity contribution is 7.85. The van der Waals surface area contributed by atoms with Crippen LogP contribution in [0, 0.1) is 0 Å². The molecule has 0 radical (unpaired) electrons. The number of hydrogen-bond donors (Lipinski definition) is 1. The molecule has 1 aliphatic rings. The number of nitrogens with two attached hydrogens (primary N) is 1. The largest absolute Gasteiger partial charge is 0.397 e. The molecular formula is C9H13N3OS. The Labute approximate surface area is 85.6 Å². The maximum atomic E-state index is 11.2. The monoisotopic (exact) mass is 211 g/mol. The molecule has 0 unspecified atom stereocenters. The third-order valence-corrected chi connectivity index (χ3v) is 3.56. The summed E-state index contributed by atoms with van der Waals surface area (Å²) in [5.41, 5.74) is 7.35. The van der Waals surface area contributed by atoms with Gasteiger partial charge in [-0.15, -0.1) is 0 Å². The molecular weight excluding hydrogens is 198 g/mol. The lowest BCUT2D eigenvalue weighted by atomic mass is 10.3. The second-order valence-corrected chi connectivity index (χ2v) is 5.01. The zero-order valence-electron chi connectivity index (χ0n) is 7.85. The number of nitrogens with zero attached hydrogens (tertiary/aromatic N) is 2. The molecule has 0 atom stereocenters. The molecule has 0 aromatic carbocycles. The summed E-state index contributed by atoms with van der Waals surface area (Å²) in [5, 5.41) is 0. The highest BCUT2D eigenvalue weighted by atomic mass is 32.2. The van der Waals surface area contributed by atoms with E-state index in [1.807, 2.05) is 6.07 Å². The van der Waals surface area contributed by atoms with E-state index in [1.54, 1.807) is 12.4 Å². The molecule has 4 nitrogen and oxygen atoms in total. The SMILES string of the molecule is Nc1cncc(N2CCS(=O)CC2)c1. The summed E-state index contributed by atoms with van der Waals surface area (Å²) in [6.07, 6.45) is 3.43. The van der Waals surface area contributed by atoms with Gasteiger partial charge in [0.25, 0.3) is 0 Å². The van der Waals surface area contributed by atoms with Crippen molar-refractivity contribution in [2.75, 3.05) is 35.2 Å². The molecule has 0 bridgehead atoms. The molecule has 76 valence electrons. The van der Waals surface area contributed by atoms with E-state index in [9.17, 15) is 4.21 Å². The van der Waals surface area contributed by atoms with E-state index < -0.39 is 10.8 Å². The maximum absolute atomic E-state index is 11.2. The van der Waals surface area contributed by atoms with Crippen LogP contribution in [0.4, 0.5) is 11.4 Å². The number of rotatable bonds is 1. The van der Waals surface area contributed by atoms with Gasteiger partial charge >= 0.3 is 0 Å². The van der Waals surface area contributed by atoms with Gasteiger partial charge in [-0.25, -0.2) is 0 Å². The van der Waals surface area contributed by atoms with Gasteiger partial charge < -0.3 is 10.6 Å². The summed E-state index contributed by atoms with van der Waals surface area (Å²) in [6, 6.07) is 1.90. The minimum absolute atomic E-state index is 0.633. The summed E-state index contributed by atoms with van der Waals surface area (Å²) in [5.74, 6) is 1.49. The van der Waals surface area contributed by atoms with Crippen LogP contribution in [0.15, 0.2) is 18.5 Å². The number of nitrogen functional groups attached to an aromatic ring is 1. The van der Waals surface area contributed by atoms with Crippen LogP contribution in [0.25, 0.3) is 0 Å². The number of pyridine rings is 1. The molecule has 5 heteroatoms. The Bertz CT molecular complexity index is 346. The van der Waals surface area contributed by atoms with E-state index in [4.69, 9.17) is 5.73 Å². The smallest absolute Gasteiger partial charge is 0.0573 e. The van der Waals surface area contributed by atoms with Gasteiger partial charge in [0.15, 0.2) is 0 Å². The average Bonchev–Trinajstić information content (AvgIpc) is 2.19. The molecule has 1 saturated heterocycles. The van der Waals surface area contributed by atoms with Gasteiger partial charge in [-0.2, -0.15) is 0 Å². The van der Waals surface area contributed by atoms with Crippen LogP contribution >= 0.6 is 0 Å². The highest BCUT2D eigenvalue weighted by Crippen LogP contribution is 2.17. The van der Waals surface area contributed by atoms with Crippen molar-refractivity contribution in [1.82, 2.24) is 4.98 Å². The Balaban J connectivity index is 2.12. The lowest BCUT2D eigenvalue weighted by Gasteiger charge is -2.28. The van der Waals surface area contributed by atoms with Crippen LogP contribution in [-0.2, 0) is 10.8 Å². The number of aromatic nitrogens is 1. The predicted molar refractivity (Wildman–Crippen MR) is 58.7 cm³/mol. The summed E-state index contributed by atoms with van der Waals surface area (Å²) < 4.78 is 11.2. The Morgan fingerprint density at radius 2 is 2.07 bits per heavy atom. The molecule has 1 aromatic heterocycles. The fraction of sp³-hybridized carbons (Fsp3) is 0.444. The van der Waals surface area contributed by atoms with Crippen molar-refractivity contribution in [1.29, 1.82) is 0 Å². The van der Waals surface area contributed by atoms with Gasteiger partial charge in [-0.3, -0.25) is 9.19 Å². The van der Waals surface area contributed by atoms with E-state index in [0.717, 1.165) is 30.3 Å². The van der Waals surface area contributed by atoms with Crippen LogP contribution < -0.4 is 10.6 Å². The maximum Gasteiger partial charge on any atom is 0.0573 e. The lowest BCUT2D eigenvalue weighted by Crippen LogP contribution is -2.37. The fourth-order valence-corrected chi connectivity index (χ4v) is 2.57. The molecule has 0 spiro atoms. The Morgan fingerprint density at radius 3 is 2.71 bits per heavy atom. The van der Waals surface area contributed by atoms with Gasteiger partial charge in [0.1, 0.15) is 0 Å². The van der Waals surface area contributed by atoms with Crippen molar-refractivity contribution in [2.45, 2.75) is 0 Å². The van der Waals surface area contributed by atoms with Gasteiger partial charge in [-0.1, -0.05) is 0 Å². The van der Waals surface area contributed by atoms with Gasteiger partial charge in [0.05, 0.1) is 17.6 Å². The van der Waals surface area contributed by atoms with Gasteiger partial charge in [0, 0.05) is 41.6 Å². The van der Waals surface area contributed by atoms with Crippen LogP contribution in [-0.4, -0.2) is 33.8 Å². The standard InChI is InChI=1S/C9H13N3OS/c10-8-5-9(7-11-6-8)12-1-3-14(13)4-2-12/h5-7H,1-4,10H2. The van der Waals surface area contributed by atoms with Crippen molar-refractivity contribution < 1.29 is 4.21 Å². The van der Waals surface area contributed by atoms with E-state index in [1.165, 1.54) is 0 Å². The van der Waals surface area contributed by atoms with Crippen molar-refractivity contribution in [3.05, 3.63) is 18.5 Å². The first-order valence-corrected chi connectivity index (χ1v) is 6.05. The first kappa shape index (κ1) is 9.45. The van der Waals surface area contributed by atoms with Crippen molar-refractivity contribution in [3.8, 4) is 0 Å². The van der Waals surface area contributed by atoms with Crippen LogP contribution in [0.2, 0.25) is 0 Å². The minimum atomic E-state index is -0.633. The first-order valence-electron chi connectivity index (χ1n) is 4.56. The van der Waals surface area contributed by atoms with Crippen molar-refractivity contribution >= 4 is 22.2 Å². The zero-order chi connectivity index (χ0) is 9.97. The zero-order valence-corrected chi connectivity index (χ0v) is 8.67. The highest BCUT2D eigenvalue weighted by Gasteiger charge is 2.15. The van der Waals surface area contributed by atoms with Crippen LogP contribution in [0.3, 0.4) is 0 Å². The molecule has 14 heavy (non-hydrogen) atoms. The second kappa shape index (κ2) is 3.96. The molecule has 2 rings (SSSR count). The average molecular weight is 211 g/mol. The third-order valence-electron chi connectivity index (χ3n) is 2.29. The molecule has 1 aromatic rings. The predicted octanol–water partition coefficient (Wildman–Crippen LogP) is 0.232.